The first-order chi connectivity index (χ1) is 24.3. The third-order valence-electron chi connectivity index (χ3n) is 10.5. The Hall–Kier alpha value is -3.89. The van der Waals surface area contributed by atoms with E-state index in [1.165, 1.54) is 24.4 Å². The van der Waals surface area contributed by atoms with E-state index in [0.717, 1.165) is 25.8 Å². The summed E-state index contributed by atoms with van der Waals surface area (Å²) < 4.78 is 81.0. The Morgan fingerprint density at radius 3 is 2.92 bits per heavy atom. The molecule has 2 N–H and O–H groups in total. The number of halogens is 4. The lowest BCUT2D eigenvalue weighted by Gasteiger charge is -2.41. The summed E-state index contributed by atoms with van der Waals surface area (Å²) >= 11 is 6.09. The lowest BCUT2D eigenvalue weighted by atomic mass is 9.95. The van der Waals surface area contributed by atoms with E-state index in [1.54, 1.807) is 0 Å². The number of aromatic hydroxyl groups is 1. The fourth-order valence-corrected chi connectivity index (χ4v) is 8.61. The fourth-order valence-electron chi connectivity index (χ4n) is 8.40. The Morgan fingerprint density at radius 1 is 1.21 bits per heavy atom. The molecule has 4 aromatic rings. The molecule has 2 bridgehead atoms. The molecule has 2 aromatic heterocycles. The standard InChI is InChI=1S/C35H34ClF3N6O3/c1-3-23-27-19(10-26(36)28(23)38)9-22(46)11-24(27)30-29(39)31-25(13-40-30)32(44-15-21-5-7-34(16-44,43-21)17-47-2)42-33(41-31)48-18-35-6-4-8-45(35)14-20(37)12-35/h1,9-11,13,20-21,43,46H,4-8,12,14-18H2,2H3/t20-,21?,34?,35+/m1/s1/i2D3. The molecule has 4 aliphatic heterocycles. The number of methoxy groups -OCH3 is 1. The Morgan fingerprint density at radius 2 is 2.08 bits per heavy atom. The molecule has 0 aliphatic carbocycles. The van der Waals surface area contributed by atoms with Crippen LogP contribution in [0.2, 0.25) is 5.02 Å². The van der Waals surface area contributed by atoms with Crippen molar-refractivity contribution < 1.29 is 31.9 Å². The summed E-state index contributed by atoms with van der Waals surface area (Å²) in [5.74, 6) is 0.609. The van der Waals surface area contributed by atoms with Crippen LogP contribution in [-0.4, -0.2) is 94.7 Å². The average molecular weight is 682 g/mol. The second kappa shape index (κ2) is 11.6. The van der Waals surface area contributed by atoms with Crippen molar-refractivity contribution in [3.05, 3.63) is 46.6 Å². The number of rotatable bonds is 7. The highest BCUT2D eigenvalue weighted by Crippen LogP contribution is 2.43. The summed E-state index contributed by atoms with van der Waals surface area (Å²) in [6.45, 7) is 1.85. The smallest absolute Gasteiger partial charge is 0.319 e. The van der Waals surface area contributed by atoms with Crippen LogP contribution in [0, 0.1) is 24.0 Å². The van der Waals surface area contributed by atoms with Gasteiger partial charge in [0, 0.05) is 56.3 Å². The predicted octanol–water partition coefficient (Wildman–Crippen LogP) is 5.38. The van der Waals surface area contributed by atoms with Crippen LogP contribution in [-0.2, 0) is 4.74 Å². The number of nitrogens with one attached hydrogen (secondary N) is 1. The van der Waals surface area contributed by atoms with Crippen LogP contribution in [0.5, 0.6) is 11.8 Å². The first-order valence-electron chi connectivity index (χ1n) is 17.4. The first kappa shape index (κ1) is 28.0. The van der Waals surface area contributed by atoms with Crippen LogP contribution >= 0.6 is 11.6 Å². The monoisotopic (exact) mass is 681 g/mol. The third-order valence-corrected chi connectivity index (χ3v) is 10.7. The van der Waals surface area contributed by atoms with Crippen molar-refractivity contribution in [3.8, 4) is 35.4 Å². The van der Waals surface area contributed by atoms with Gasteiger partial charge in [-0.15, -0.1) is 6.42 Å². The minimum atomic E-state index is -2.58. The van der Waals surface area contributed by atoms with Crippen LogP contribution in [0.1, 0.15) is 41.8 Å². The highest BCUT2D eigenvalue weighted by Gasteiger charge is 2.50. The minimum Gasteiger partial charge on any atom is -0.508 e. The van der Waals surface area contributed by atoms with Crippen molar-refractivity contribution >= 4 is 39.1 Å². The maximum atomic E-state index is 17.0. The molecule has 4 atom stereocenters. The van der Waals surface area contributed by atoms with Gasteiger partial charge in [0.15, 0.2) is 11.6 Å². The predicted molar refractivity (Wildman–Crippen MR) is 176 cm³/mol. The fraction of sp³-hybridized carbons (Fsp3) is 0.457. The molecule has 2 unspecified atom stereocenters. The van der Waals surface area contributed by atoms with Gasteiger partial charge < -0.3 is 24.8 Å². The number of piperazine rings is 1. The van der Waals surface area contributed by atoms with Crippen molar-refractivity contribution in [3.63, 3.8) is 0 Å². The molecule has 13 heteroatoms. The van der Waals surface area contributed by atoms with Crippen molar-refractivity contribution in [1.29, 1.82) is 0 Å². The topological polar surface area (TPSA) is 95.9 Å². The highest BCUT2D eigenvalue weighted by molar-refractivity contribution is 6.32. The number of benzene rings is 2. The highest BCUT2D eigenvalue weighted by atomic mass is 35.5. The van der Waals surface area contributed by atoms with Gasteiger partial charge >= 0.3 is 6.01 Å². The number of anilines is 1. The molecule has 0 amide bonds. The summed E-state index contributed by atoms with van der Waals surface area (Å²) in [6.07, 6.45) is 9.48. The molecule has 2 aromatic carbocycles. The zero-order valence-electron chi connectivity index (χ0n) is 28.8. The Labute approximate surface area is 284 Å². The van der Waals surface area contributed by atoms with Gasteiger partial charge in [-0.05, 0) is 55.8 Å². The Kier molecular flexibility index (Phi) is 6.78. The Bertz CT molecular complexity index is 2120. The van der Waals surface area contributed by atoms with Gasteiger partial charge in [0.25, 0.3) is 0 Å². The number of aromatic nitrogens is 3. The van der Waals surface area contributed by atoms with E-state index in [0.29, 0.717) is 38.3 Å². The summed E-state index contributed by atoms with van der Waals surface area (Å²) in [4.78, 5) is 17.8. The van der Waals surface area contributed by atoms with E-state index in [-0.39, 0.29) is 74.5 Å². The van der Waals surface area contributed by atoms with Crippen LogP contribution in [0.15, 0.2) is 24.4 Å². The molecule has 250 valence electrons. The van der Waals surface area contributed by atoms with Gasteiger partial charge in [0.2, 0.25) is 0 Å². The molecular weight excluding hydrogens is 645 g/mol. The summed E-state index contributed by atoms with van der Waals surface area (Å²) in [5.41, 5.74) is -1.83. The maximum Gasteiger partial charge on any atom is 0.319 e. The zero-order chi connectivity index (χ0) is 35.9. The van der Waals surface area contributed by atoms with Crippen molar-refractivity contribution in [2.45, 2.75) is 55.4 Å². The van der Waals surface area contributed by atoms with E-state index in [9.17, 15) is 9.50 Å². The van der Waals surface area contributed by atoms with Crippen molar-refractivity contribution in [2.24, 2.45) is 0 Å². The molecule has 9 nitrogen and oxygen atoms in total. The minimum absolute atomic E-state index is 0.0250. The molecule has 4 fully saturated rings. The second-order valence-electron chi connectivity index (χ2n) is 13.5. The molecule has 4 saturated heterocycles. The maximum absolute atomic E-state index is 17.0. The molecule has 0 saturated carbocycles. The number of hydrogen-bond acceptors (Lipinski definition) is 9. The van der Waals surface area contributed by atoms with E-state index in [2.05, 4.69) is 26.1 Å². The Balaban J connectivity index is 1.26. The van der Waals surface area contributed by atoms with E-state index < -0.39 is 35.9 Å². The van der Waals surface area contributed by atoms with Crippen LogP contribution in [0.25, 0.3) is 32.9 Å². The number of nitrogens with zero attached hydrogens (tertiary/aromatic N) is 5. The number of ether oxygens (including phenoxy) is 2. The molecule has 8 rings (SSSR count). The normalized spacial score (nSPS) is 28.0. The van der Waals surface area contributed by atoms with E-state index >= 15 is 8.78 Å². The van der Waals surface area contributed by atoms with Gasteiger partial charge in [-0.25, -0.2) is 13.2 Å². The van der Waals surface area contributed by atoms with Crippen LogP contribution in [0.4, 0.5) is 19.0 Å². The second-order valence-corrected chi connectivity index (χ2v) is 13.9. The number of pyridine rings is 1. The quantitative estimate of drug-likeness (QED) is 0.250. The molecule has 0 spiro atoms. The average Bonchev–Trinajstić information content (AvgIpc) is 3.71. The van der Waals surface area contributed by atoms with Crippen LogP contribution < -0.4 is 15.0 Å². The number of fused-ring (bicyclic) bond motifs is 5. The van der Waals surface area contributed by atoms with E-state index in [1.807, 2.05) is 4.90 Å². The number of phenols is 1. The number of terminal acetylenes is 1. The van der Waals surface area contributed by atoms with Gasteiger partial charge in [-0.2, -0.15) is 9.97 Å². The van der Waals surface area contributed by atoms with Gasteiger partial charge in [-0.3, -0.25) is 9.88 Å². The summed E-state index contributed by atoms with van der Waals surface area (Å²) in [7, 11) is -2.58. The molecule has 48 heavy (non-hydrogen) atoms. The van der Waals surface area contributed by atoms with E-state index in [4.69, 9.17) is 36.6 Å². The third kappa shape index (κ3) is 5.02. The van der Waals surface area contributed by atoms with Gasteiger partial charge in [-0.1, -0.05) is 17.5 Å². The molecule has 4 aliphatic rings. The molecule has 6 heterocycles. The summed E-state index contributed by atoms with van der Waals surface area (Å²) in [6, 6.07) is 3.73. The van der Waals surface area contributed by atoms with Gasteiger partial charge in [0.1, 0.15) is 35.6 Å². The number of phenolic OH excluding ortho intramolecular Hbond substituents is 1. The van der Waals surface area contributed by atoms with Gasteiger partial charge in [0.05, 0.1) is 37.8 Å². The SMILES string of the molecule is [2H]C([2H])([2H])OCC12CCC(CN(c3nc(OC[C@@]45CCCN4C[C@H](F)C5)nc4c(F)c(-c5cc(O)cc6cc(Cl)c(F)c(C#C)c56)ncc34)C1)N2. The van der Waals surface area contributed by atoms with Crippen LogP contribution in [0.3, 0.4) is 0 Å². The lowest BCUT2D eigenvalue weighted by molar-refractivity contribution is 0.107. The van der Waals surface area contributed by atoms with Crippen molar-refractivity contribution in [2.75, 3.05) is 51.3 Å². The summed E-state index contributed by atoms with van der Waals surface area (Å²) in [5, 5.41) is 14.5. The first-order valence-corrected chi connectivity index (χ1v) is 16.3. The number of alkyl halides is 1. The lowest BCUT2D eigenvalue weighted by Crippen LogP contribution is -2.61. The number of hydrogen-bond donors (Lipinski definition) is 2. The van der Waals surface area contributed by atoms with Crippen molar-refractivity contribution in [1.82, 2.24) is 25.2 Å². The zero-order valence-corrected chi connectivity index (χ0v) is 26.6. The largest absolute Gasteiger partial charge is 0.508 e. The molecular formula is C35H34ClF3N6O3. The molecule has 0 radical (unpaired) electrons.